The van der Waals surface area contributed by atoms with Gasteiger partial charge in [-0.15, -0.1) is 11.3 Å². The topological polar surface area (TPSA) is 98.9 Å². The highest BCUT2D eigenvalue weighted by Crippen LogP contribution is 2.29. The van der Waals surface area contributed by atoms with Crippen molar-refractivity contribution in [3.8, 4) is 11.3 Å². The van der Waals surface area contributed by atoms with Crippen LogP contribution in [0.4, 0.5) is 5.13 Å². The molecule has 0 fully saturated rings. The number of amides is 1. The first-order valence-electron chi connectivity index (χ1n) is 11.3. The van der Waals surface area contributed by atoms with Crippen LogP contribution in [0.15, 0.2) is 39.2 Å². The van der Waals surface area contributed by atoms with E-state index in [0.717, 1.165) is 40.2 Å². The predicted octanol–water partition coefficient (Wildman–Crippen LogP) is 4.12. The second-order valence-electron chi connectivity index (χ2n) is 8.25. The van der Waals surface area contributed by atoms with E-state index in [1.807, 2.05) is 17.5 Å². The van der Waals surface area contributed by atoms with Crippen molar-refractivity contribution in [2.45, 2.75) is 45.4 Å². The minimum atomic E-state index is -0.443. The maximum absolute atomic E-state index is 12.7. The molecule has 0 aliphatic rings. The van der Waals surface area contributed by atoms with Gasteiger partial charge in [0.1, 0.15) is 4.83 Å². The van der Waals surface area contributed by atoms with Crippen molar-refractivity contribution in [1.29, 1.82) is 0 Å². The second-order valence-corrected chi connectivity index (χ2v) is 9.86. The van der Waals surface area contributed by atoms with E-state index < -0.39 is 11.2 Å². The normalized spacial score (nSPS) is 11.3. The van der Waals surface area contributed by atoms with Crippen molar-refractivity contribution in [2.75, 3.05) is 5.32 Å². The van der Waals surface area contributed by atoms with Crippen LogP contribution in [-0.2, 0) is 31.7 Å². The van der Waals surface area contributed by atoms with Crippen LogP contribution in [0.1, 0.15) is 43.9 Å². The van der Waals surface area contributed by atoms with Crippen LogP contribution in [0.5, 0.6) is 0 Å². The molecular weight excluding hydrogens is 470 g/mol. The molecule has 0 saturated carbocycles. The Labute approximate surface area is 205 Å². The monoisotopic (exact) mass is 497 g/mol. The third-order valence-corrected chi connectivity index (χ3v) is 7.53. The summed E-state index contributed by atoms with van der Waals surface area (Å²) in [4.78, 5) is 42.5. The van der Waals surface area contributed by atoms with Crippen LogP contribution >= 0.6 is 22.9 Å². The van der Waals surface area contributed by atoms with Crippen LogP contribution in [0.3, 0.4) is 0 Å². The number of thiazole rings is 1. The van der Waals surface area contributed by atoms with Crippen molar-refractivity contribution in [3.63, 3.8) is 0 Å². The van der Waals surface area contributed by atoms with Crippen molar-refractivity contribution in [3.05, 3.63) is 61.7 Å². The fraction of sp³-hybridized carbons (Fsp3) is 0.375. The fourth-order valence-corrected chi connectivity index (χ4v) is 5.52. The molecule has 1 aromatic carbocycles. The number of hydrogen-bond donors (Lipinski definition) is 1. The van der Waals surface area contributed by atoms with E-state index in [1.54, 1.807) is 7.05 Å². The van der Waals surface area contributed by atoms with Gasteiger partial charge in [0.05, 0.1) is 23.2 Å². The van der Waals surface area contributed by atoms with Crippen LogP contribution in [0.2, 0.25) is 0 Å². The van der Waals surface area contributed by atoms with Crippen molar-refractivity contribution >= 4 is 44.1 Å². The predicted molar refractivity (Wildman–Crippen MR) is 138 cm³/mol. The van der Waals surface area contributed by atoms with Crippen LogP contribution in [0.25, 0.3) is 21.5 Å². The summed E-state index contributed by atoms with van der Waals surface area (Å²) in [5.41, 5.74) is 2.69. The van der Waals surface area contributed by atoms with Crippen molar-refractivity contribution in [1.82, 2.24) is 18.5 Å². The van der Waals surface area contributed by atoms with Gasteiger partial charge in [0.15, 0.2) is 5.13 Å². The standard InChI is InChI=1S/C24H27N5O3S2/c1-4-5-6-7-10-15-11-8-9-12-16(15)18-14-33-23(25-18)26-19(30)13-17-20-21(31)28(2)24(32)29(3)22(20)34-27-17/h8-9,11-12,14H,4-7,10,13H2,1-3H3,(H,25,26,30). The lowest BCUT2D eigenvalue weighted by atomic mass is 9.99. The quantitative estimate of drug-likeness (QED) is 0.351. The number of carbonyl (C=O) groups is 1. The maximum Gasteiger partial charge on any atom is 0.331 e. The Morgan fingerprint density at radius 2 is 1.88 bits per heavy atom. The molecule has 1 N–H and O–H groups in total. The molecule has 4 rings (SSSR count). The summed E-state index contributed by atoms with van der Waals surface area (Å²) in [6.45, 7) is 2.21. The number of aryl methyl sites for hydroxylation is 2. The first-order valence-corrected chi connectivity index (χ1v) is 12.9. The summed E-state index contributed by atoms with van der Waals surface area (Å²) in [7, 11) is 3.01. The third-order valence-electron chi connectivity index (χ3n) is 5.81. The summed E-state index contributed by atoms with van der Waals surface area (Å²) in [6.07, 6.45) is 5.74. The number of fused-ring (bicyclic) bond motifs is 1. The number of rotatable bonds is 9. The van der Waals surface area contributed by atoms with Crippen molar-refractivity contribution < 1.29 is 4.79 Å². The van der Waals surface area contributed by atoms with Gasteiger partial charge >= 0.3 is 5.69 Å². The van der Waals surface area contributed by atoms with Gasteiger partial charge in [-0.05, 0) is 29.9 Å². The highest BCUT2D eigenvalue weighted by molar-refractivity contribution is 7.14. The van der Waals surface area contributed by atoms with Crippen LogP contribution in [0, 0.1) is 0 Å². The molecule has 4 aromatic rings. The number of nitrogens with one attached hydrogen (secondary N) is 1. The zero-order valence-electron chi connectivity index (χ0n) is 19.5. The molecule has 178 valence electrons. The van der Waals surface area contributed by atoms with Crippen molar-refractivity contribution in [2.24, 2.45) is 14.1 Å². The molecule has 3 heterocycles. The zero-order chi connectivity index (χ0) is 24.2. The molecule has 8 nitrogen and oxygen atoms in total. The molecular formula is C24H27N5O3S2. The van der Waals surface area contributed by atoms with E-state index in [-0.39, 0.29) is 12.3 Å². The summed E-state index contributed by atoms with van der Waals surface area (Å²) in [6, 6.07) is 8.26. The van der Waals surface area contributed by atoms with Gasteiger partial charge in [-0.3, -0.25) is 18.7 Å². The summed E-state index contributed by atoms with van der Waals surface area (Å²) in [5, 5.41) is 5.59. The lowest BCUT2D eigenvalue weighted by molar-refractivity contribution is -0.115. The number of benzene rings is 1. The Balaban J connectivity index is 1.49. The van der Waals surface area contributed by atoms with E-state index in [4.69, 9.17) is 0 Å². The van der Waals surface area contributed by atoms with Gasteiger partial charge in [0, 0.05) is 25.0 Å². The number of aromatic nitrogens is 4. The Bertz CT molecular complexity index is 1450. The number of hydrogen-bond acceptors (Lipinski definition) is 7. The molecule has 34 heavy (non-hydrogen) atoms. The number of nitrogens with zero attached hydrogens (tertiary/aromatic N) is 4. The molecule has 3 aromatic heterocycles. The summed E-state index contributed by atoms with van der Waals surface area (Å²) < 4.78 is 6.69. The molecule has 0 aliphatic carbocycles. The molecule has 0 radical (unpaired) electrons. The smallest absolute Gasteiger partial charge is 0.302 e. The zero-order valence-corrected chi connectivity index (χ0v) is 21.1. The lowest BCUT2D eigenvalue weighted by Crippen LogP contribution is -2.36. The number of carbonyl (C=O) groups excluding carboxylic acids is 1. The average molecular weight is 498 g/mol. The van der Waals surface area contributed by atoms with Gasteiger partial charge in [0.2, 0.25) is 5.91 Å². The van der Waals surface area contributed by atoms with Crippen LogP contribution < -0.4 is 16.6 Å². The molecule has 0 aliphatic heterocycles. The molecule has 0 bridgehead atoms. The molecule has 0 saturated heterocycles. The van der Waals surface area contributed by atoms with E-state index in [0.29, 0.717) is 21.0 Å². The highest BCUT2D eigenvalue weighted by Gasteiger charge is 2.19. The summed E-state index contributed by atoms with van der Waals surface area (Å²) in [5.74, 6) is -0.308. The lowest BCUT2D eigenvalue weighted by Gasteiger charge is -2.07. The first kappa shape index (κ1) is 24.0. The summed E-state index contributed by atoms with van der Waals surface area (Å²) >= 11 is 2.41. The number of anilines is 1. The highest BCUT2D eigenvalue weighted by atomic mass is 32.1. The maximum atomic E-state index is 12.7. The van der Waals surface area contributed by atoms with E-state index in [1.165, 1.54) is 47.8 Å². The minimum Gasteiger partial charge on any atom is -0.302 e. The van der Waals surface area contributed by atoms with E-state index in [9.17, 15) is 14.4 Å². The Hall–Kier alpha value is -3.11. The van der Waals surface area contributed by atoms with Gasteiger partial charge in [0.25, 0.3) is 5.56 Å². The van der Waals surface area contributed by atoms with Gasteiger partial charge in [-0.2, -0.15) is 4.37 Å². The van der Waals surface area contributed by atoms with Crippen LogP contribution in [-0.4, -0.2) is 24.4 Å². The minimum absolute atomic E-state index is 0.0730. The average Bonchev–Trinajstić information content (AvgIpc) is 3.46. The van der Waals surface area contributed by atoms with E-state index >= 15 is 0 Å². The second kappa shape index (κ2) is 10.4. The van der Waals surface area contributed by atoms with E-state index in [2.05, 4.69) is 33.7 Å². The van der Waals surface area contributed by atoms with Gasteiger partial charge in [-0.1, -0.05) is 50.5 Å². The Morgan fingerprint density at radius 1 is 1.09 bits per heavy atom. The molecule has 0 atom stereocenters. The number of unbranched alkanes of at least 4 members (excludes halogenated alkanes) is 3. The molecule has 0 spiro atoms. The molecule has 10 heteroatoms. The Morgan fingerprint density at radius 3 is 2.68 bits per heavy atom. The van der Waals surface area contributed by atoms with Gasteiger partial charge < -0.3 is 5.32 Å². The first-order chi connectivity index (χ1) is 16.4. The Kier molecular flexibility index (Phi) is 7.38. The molecule has 0 unspecified atom stereocenters. The largest absolute Gasteiger partial charge is 0.331 e. The van der Waals surface area contributed by atoms with Gasteiger partial charge in [-0.25, -0.2) is 9.78 Å². The SMILES string of the molecule is CCCCCCc1ccccc1-c1csc(NC(=O)Cc2nsc3c2c(=O)n(C)c(=O)n3C)n1. The third kappa shape index (κ3) is 4.88. The molecule has 1 amide bonds. The fourth-order valence-electron chi connectivity index (χ4n) is 3.94.